The molecular weight excluding hydrogens is 268 g/mol. The quantitative estimate of drug-likeness (QED) is 0.744. The van der Waals surface area contributed by atoms with E-state index in [1.54, 1.807) is 14.2 Å². The maximum absolute atomic E-state index is 12.0. The molecule has 0 fully saturated rings. The van der Waals surface area contributed by atoms with Crippen LogP contribution in [0.5, 0.6) is 5.75 Å². The fourth-order valence-electron chi connectivity index (χ4n) is 1.98. The minimum Gasteiger partial charge on any atom is -0.497 e. The molecule has 0 aliphatic carbocycles. The largest absolute Gasteiger partial charge is 0.497 e. The lowest BCUT2D eigenvalue weighted by atomic mass is 9.98. The van der Waals surface area contributed by atoms with Gasteiger partial charge in [-0.1, -0.05) is 0 Å². The van der Waals surface area contributed by atoms with Crippen LogP contribution in [-0.2, 0) is 9.53 Å². The molecule has 0 radical (unpaired) electrons. The molecule has 1 aromatic carbocycles. The van der Waals surface area contributed by atoms with Gasteiger partial charge in [0.1, 0.15) is 11.3 Å². The highest BCUT2D eigenvalue weighted by molar-refractivity contribution is 5.80. The maximum Gasteiger partial charge on any atom is 0.326 e. The summed E-state index contributed by atoms with van der Waals surface area (Å²) in [6.07, 6.45) is 0.658. The third-order valence-electron chi connectivity index (χ3n) is 3.74. The van der Waals surface area contributed by atoms with Crippen LogP contribution in [0.2, 0.25) is 0 Å². The van der Waals surface area contributed by atoms with Crippen molar-refractivity contribution in [3.63, 3.8) is 0 Å². The van der Waals surface area contributed by atoms with Gasteiger partial charge in [-0.2, -0.15) is 0 Å². The van der Waals surface area contributed by atoms with Crippen molar-refractivity contribution in [3.05, 3.63) is 24.3 Å². The first-order valence-electron chi connectivity index (χ1n) is 7.18. The predicted molar refractivity (Wildman–Crippen MR) is 85.0 cm³/mol. The lowest BCUT2D eigenvalue weighted by Gasteiger charge is -2.29. The molecule has 118 valence electrons. The molecule has 0 aromatic heterocycles. The Morgan fingerprint density at radius 3 is 2.43 bits per heavy atom. The summed E-state index contributed by atoms with van der Waals surface area (Å²) in [5.41, 5.74) is 0.412. The van der Waals surface area contributed by atoms with Crippen LogP contribution in [0.1, 0.15) is 20.3 Å². The molecule has 1 atom stereocenters. The van der Waals surface area contributed by atoms with E-state index in [1.165, 1.54) is 0 Å². The molecule has 1 unspecified atom stereocenters. The normalized spacial score (nSPS) is 13.4. The Labute approximate surface area is 127 Å². The van der Waals surface area contributed by atoms with Crippen LogP contribution >= 0.6 is 0 Å². The second kappa shape index (κ2) is 7.88. The van der Waals surface area contributed by atoms with Gasteiger partial charge in [0.15, 0.2) is 0 Å². The van der Waals surface area contributed by atoms with Crippen molar-refractivity contribution in [2.24, 2.45) is 0 Å². The number of likely N-dealkylation sites (N-methyl/N-ethyl adjacent to an activating group) is 1. The van der Waals surface area contributed by atoms with Gasteiger partial charge in [0.2, 0.25) is 0 Å². The van der Waals surface area contributed by atoms with Crippen LogP contribution in [0.3, 0.4) is 0 Å². The monoisotopic (exact) mass is 294 g/mol. The number of methoxy groups -OCH3 is 1. The maximum atomic E-state index is 12.0. The zero-order valence-corrected chi connectivity index (χ0v) is 13.6. The van der Waals surface area contributed by atoms with Crippen molar-refractivity contribution < 1.29 is 14.3 Å². The van der Waals surface area contributed by atoms with Crippen LogP contribution in [0.15, 0.2) is 24.3 Å². The third-order valence-corrected chi connectivity index (χ3v) is 3.74. The zero-order chi connectivity index (χ0) is 15.9. The summed E-state index contributed by atoms with van der Waals surface area (Å²) in [5, 5.41) is 3.07. The fourth-order valence-corrected chi connectivity index (χ4v) is 1.98. The van der Waals surface area contributed by atoms with E-state index < -0.39 is 5.54 Å². The Kier molecular flexibility index (Phi) is 6.49. The van der Waals surface area contributed by atoms with Gasteiger partial charge in [0.05, 0.1) is 13.7 Å². The average molecular weight is 294 g/mol. The highest BCUT2D eigenvalue weighted by Gasteiger charge is 2.32. The van der Waals surface area contributed by atoms with Gasteiger partial charge in [-0.05, 0) is 51.6 Å². The van der Waals surface area contributed by atoms with Gasteiger partial charge in [-0.15, -0.1) is 0 Å². The molecular formula is C16H26N2O3. The highest BCUT2D eigenvalue weighted by atomic mass is 16.5. The van der Waals surface area contributed by atoms with Crippen LogP contribution in [-0.4, -0.2) is 45.9 Å². The van der Waals surface area contributed by atoms with Crippen molar-refractivity contribution in [2.45, 2.75) is 25.8 Å². The van der Waals surface area contributed by atoms with E-state index in [4.69, 9.17) is 9.47 Å². The van der Waals surface area contributed by atoms with Crippen molar-refractivity contribution in [1.29, 1.82) is 0 Å². The van der Waals surface area contributed by atoms with E-state index in [9.17, 15) is 4.79 Å². The van der Waals surface area contributed by atoms with Crippen LogP contribution < -0.4 is 15.0 Å². The SMILES string of the molecule is CCOC(=O)C(C)(CCN(C)c1ccc(OC)cc1)NC. The summed E-state index contributed by atoms with van der Waals surface area (Å²) in [7, 11) is 5.43. The Hall–Kier alpha value is -1.75. The number of carbonyl (C=O) groups is 1. The van der Waals surface area contributed by atoms with Gasteiger partial charge in [-0.3, -0.25) is 4.79 Å². The number of benzene rings is 1. The molecule has 5 heteroatoms. The van der Waals surface area contributed by atoms with Crippen LogP contribution in [0.4, 0.5) is 5.69 Å². The van der Waals surface area contributed by atoms with Gasteiger partial charge in [0.25, 0.3) is 0 Å². The smallest absolute Gasteiger partial charge is 0.326 e. The summed E-state index contributed by atoms with van der Waals surface area (Å²) in [5.74, 6) is 0.620. The minimum atomic E-state index is -0.670. The highest BCUT2D eigenvalue weighted by Crippen LogP contribution is 2.20. The molecule has 0 spiro atoms. The summed E-state index contributed by atoms with van der Waals surface area (Å²) in [4.78, 5) is 14.1. The van der Waals surface area contributed by atoms with Crippen LogP contribution in [0, 0.1) is 0 Å². The molecule has 0 aliphatic rings. The van der Waals surface area contributed by atoms with E-state index in [1.807, 2.05) is 45.2 Å². The molecule has 0 bridgehead atoms. The number of esters is 1. The Balaban J connectivity index is 2.64. The number of nitrogens with zero attached hydrogens (tertiary/aromatic N) is 1. The van der Waals surface area contributed by atoms with E-state index in [0.29, 0.717) is 13.0 Å². The summed E-state index contributed by atoms with van der Waals surface area (Å²) < 4.78 is 10.3. The summed E-state index contributed by atoms with van der Waals surface area (Å²) >= 11 is 0. The number of hydrogen-bond acceptors (Lipinski definition) is 5. The fraction of sp³-hybridized carbons (Fsp3) is 0.562. The molecule has 1 aromatic rings. The molecule has 0 heterocycles. The van der Waals surface area contributed by atoms with Crippen LogP contribution in [0.25, 0.3) is 0 Å². The van der Waals surface area contributed by atoms with Gasteiger partial charge in [-0.25, -0.2) is 0 Å². The Morgan fingerprint density at radius 1 is 1.33 bits per heavy atom. The van der Waals surface area contributed by atoms with Gasteiger partial charge >= 0.3 is 5.97 Å². The first kappa shape index (κ1) is 17.3. The minimum absolute atomic E-state index is 0.212. The third kappa shape index (κ3) is 4.63. The second-order valence-corrected chi connectivity index (χ2v) is 5.17. The van der Waals surface area contributed by atoms with Gasteiger partial charge in [0, 0.05) is 19.3 Å². The molecule has 0 aliphatic heterocycles. The molecule has 5 nitrogen and oxygen atoms in total. The lowest BCUT2D eigenvalue weighted by molar-refractivity contribution is -0.150. The van der Waals surface area contributed by atoms with Crippen molar-refractivity contribution in [1.82, 2.24) is 5.32 Å². The van der Waals surface area contributed by atoms with Crippen molar-refractivity contribution >= 4 is 11.7 Å². The molecule has 0 amide bonds. The van der Waals surface area contributed by atoms with E-state index in [0.717, 1.165) is 18.0 Å². The molecule has 21 heavy (non-hydrogen) atoms. The van der Waals surface area contributed by atoms with Crippen molar-refractivity contribution in [2.75, 3.05) is 39.3 Å². The predicted octanol–water partition coefficient (Wildman–Crippen LogP) is 2.06. The molecule has 1 N–H and O–H groups in total. The Bertz CT molecular complexity index is 447. The number of carbonyl (C=O) groups excluding carboxylic acids is 1. The number of rotatable bonds is 8. The number of nitrogens with one attached hydrogen (secondary N) is 1. The summed E-state index contributed by atoms with van der Waals surface area (Å²) in [6.45, 7) is 4.82. The second-order valence-electron chi connectivity index (χ2n) is 5.17. The van der Waals surface area contributed by atoms with E-state index in [-0.39, 0.29) is 5.97 Å². The van der Waals surface area contributed by atoms with Gasteiger partial charge < -0.3 is 19.7 Å². The summed E-state index contributed by atoms with van der Waals surface area (Å²) in [6, 6.07) is 7.85. The number of hydrogen-bond donors (Lipinski definition) is 1. The molecule has 0 saturated heterocycles. The standard InChI is InChI=1S/C16H26N2O3/c1-6-21-15(19)16(2,17-3)11-12-18(4)13-7-9-14(20-5)10-8-13/h7-10,17H,6,11-12H2,1-5H3. The van der Waals surface area contributed by atoms with E-state index in [2.05, 4.69) is 10.2 Å². The van der Waals surface area contributed by atoms with E-state index >= 15 is 0 Å². The molecule has 1 rings (SSSR count). The first-order valence-corrected chi connectivity index (χ1v) is 7.18. The topological polar surface area (TPSA) is 50.8 Å². The molecule has 0 saturated carbocycles. The zero-order valence-electron chi connectivity index (χ0n) is 13.6. The Morgan fingerprint density at radius 2 is 1.95 bits per heavy atom. The van der Waals surface area contributed by atoms with Crippen molar-refractivity contribution in [3.8, 4) is 5.75 Å². The average Bonchev–Trinajstić information content (AvgIpc) is 2.52. The first-order chi connectivity index (χ1) is 9.96. The number of ether oxygens (including phenoxy) is 2. The number of anilines is 1. The lowest BCUT2D eigenvalue weighted by Crippen LogP contribution is -2.50.